The molecule has 4 amide bonds. The van der Waals surface area contributed by atoms with Crippen molar-refractivity contribution in [3.8, 4) is 11.9 Å². The number of alkyl halides is 3. The molecule has 44 heavy (non-hydrogen) atoms. The van der Waals surface area contributed by atoms with E-state index in [1.165, 1.54) is 25.4 Å². The van der Waals surface area contributed by atoms with E-state index in [0.29, 0.717) is 5.69 Å². The summed E-state index contributed by atoms with van der Waals surface area (Å²) in [6, 6.07) is 5.76. The van der Waals surface area contributed by atoms with Gasteiger partial charge in [0.2, 0.25) is 23.3 Å². The Hall–Kier alpha value is -4.74. The van der Waals surface area contributed by atoms with Crippen molar-refractivity contribution in [2.75, 3.05) is 18.9 Å². The average molecular weight is 617 g/mol. The van der Waals surface area contributed by atoms with E-state index in [1.807, 2.05) is 6.07 Å². The lowest BCUT2D eigenvalue weighted by Crippen LogP contribution is -2.58. The average Bonchev–Trinajstić information content (AvgIpc) is 3.74. The summed E-state index contributed by atoms with van der Waals surface area (Å²) in [5.41, 5.74) is -1.03. The van der Waals surface area contributed by atoms with Gasteiger partial charge >= 0.3 is 12.1 Å². The topological polar surface area (TPSA) is 145 Å². The fourth-order valence-electron chi connectivity index (χ4n) is 5.47. The van der Waals surface area contributed by atoms with E-state index in [1.54, 1.807) is 17.4 Å². The van der Waals surface area contributed by atoms with Gasteiger partial charge in [-0.05, 0) is 42.2 Å². The van der Waals surface area contributed by atoms with Gasteiger partial charge in [0.1, 0.15) is 29.6 Å². The van der Waals surface area contributed by atoms with Crippen LogP contribution in [0.1, 0.15) is 31.2 Å². The van der Waals surface area contributed by atoms with Gasteiger partial charge in [-0.15, -0.1) is 0 Å². The predicted molar refractivity (Wildman–Crippen MR) is 144 cm³/mol. The van der Waals surface area contributed by atoms with Crippen LogP contribution in [0.4, 0.5) is 23.2 Å². The van der Waals surface area contributed by atoms with Crippen LogP contribution in [0.5, 0.6) is 5.88 Å². The number of anilines is 1. The SMILES string of the molecule is CN(C(=O)C(Cc1ccc(F)cc1)NC(=O)C(F)(F)F)C(CC1CC1)C(=O)N1CC2(CC1C#N)Oc1ncccc1NC2=O. The van der Waals surface area contributed by atoms with Crippen molar-refractivity contribution in [3.05, 3.63) is 54.0 Å². The van der Waals surface area contributed by atoms with E-state index >= 15 is 0 Å². The van der Waals surface area contributed by atoms with Crippen molar-refractivity contribution in [1.29, 1.82) is 5.26 Å². The zero-order valence-electron chi connectivity index (χ0n) is 23.4. The van der Waals surface area contributed by atoms with Gasteiger partial charge in [0.25, 0.3) is 5.91 Å². The molecule has 2 N–H and O–H groups in total. The van der Waals surface area contributed by atoms with Crippen molar-refractivity contribution >= 4 is 29.3 Å². The number of likely N-dealkylation sites (N-methyl/N-ethyl adjacent to an activating group) is 1. The molecule has 1 spiro atoms. The van der Waals surface area contributed by atoms with Crippen LogP contribution in [0.2, 0.25) is 0 Å². The molecule has 1 saturated heterocycles. The number of rotatable bonds is 8. The van der Waals surface area contributed by atoms with Crippen LogP contribution >= 0.6 is 0 Å². The Kier molecular flexibility index (Phi) is 8.19. The number of nitrogens with one attached hydrogen (secondary N) is 2. The van der Waals surface area contributed by atoms with Gasteiger partial charge < -0.3 is 25.2 Å². The number of hydrogen-bond acceptors (Lipinski definition) is 7. The summed E-state index contributed by atoms with van der Waals surface area (Å²) >= 11 is 0. The largest absolute Gasteiger partial charge is 0.471 e. The molecule has 3 heterocycles. The molecule has 2 aromatic rings. The molecule has 11 nitrogen and oxygen atoms in total. The first-order valence-electron chi connectivity index (χ1n) is 13.9. The Morgan fingerprint density at radius 2 is 1.95 bits per heavy atom. The van der Waals surface area contributed by atoms with Crippen LogP contribution in [0.3, 0.4) is 0 Å². The fourth-order valence-corrected chi connectivity index (χ4v) is 5.47. The monoisotopic (exact) mass is 616 g/mol. The van der Waals surface area contributed by atoms with E-state index in [4.69, 9.17) is 4.74 Å². The maximum absolute atomic E-state index is 14.1. The van der Waals surface area contributed by atoms with Gasteiger partial charge in [-0.3, -0.25) is 19.2 Å². The number of fused-ring (bicyclic) bond motifs is 1. The Balaban J connectivity index is 1.41. The van der Waals surface area contributed by atoms with Crippen LogP contribution in [0, 0.1) is 23.1 Å². The third-order valence-corrected chi connectivity index (χ3v) is 8.05. The number of carbonyl (C=O) groups is 4. The van der Waals surface area contributed by atoms with E-state index in [-0.39, 0.29) is 36.7 Å². The number of carbonyl (C=O) groups excluding carboxylic acids is 4. The minimum Gasteiger partial charge on any atom is -0.457 e. The number of likely N-dealkylation sites (tertiary alicyclic amines) is 1. The standard InChI is InChI=1S/C29H28F4N6O5/c1-38(24(40)21(37-27(43)29(31,32)33)11-16-6-8-18(30)9-7-16)22(12-17-4-5-17)25(41)39-15-28(13-19(39)14-34)26(42)36-20-3-2-10-35-23(20)44-28/h2-3,6-10,17,19,21-22H,4-5,11-13,15H2,1H3,(H,36,42)(H,37,43). The van der Waals surface area contributed by atoms with Crippen LogP contribution in [0.15, 0.2) is 42.6 Å². The number of aromatic nitrogens is 1. The second-order valence-electron chi connectivity index (χ2n) is 11.2. The zero-order chi connectivity index (χ0) is 31.8. The van der Waals surface area contributed by atoms with Crippen LogP contribution in [-0.4, -0.2) is 81.9 Å². The van der Waals surface area contributed by atoms with Crippen LogP contribution < -0.4 is 15.4 Å². The van der Waals surface area contributed by atoms with Crippen molar-refractivity contribution in [2.24, 2.45) is 5.92 Å². The van der Waals surface area contributed by atoms with Crippen molar-refractivity contribution in [3.63, 3.8) is 0 Å². The Labute approximate surface area is 249 Å². The summed E-state index contributed by atoms with van der Waals surface area (Å²) in [6.07, 6.45) is -2.76. The maximum atomic E-state index is 14.1. The fraction of sp³-hybridized carbons (Fsp3) is 0.448. The number of nitriles is 1. The molecule has 2 aliphatic heterocycles. The third-order valence-electron chi connectivity index (χ3n) is 8.05. The molecular formula is C29H28F4N6O5. The maximum Gasteiger partial charge on any atom is 0.471 e. The molecule has 1 aromatic carbocycles. The molecule has 4 atom stereocenters. The van der Waals surface area contributed by atoms with Crippen molar-refractivity contribution in [1.82, 2.24) is 20.1 Å². The Bertz CT molecular complexity index is 1510. The van der Waals surface area contributed by atoms with E-state index in [9.17, 15) is 42.0 Å². The lowest BCUT2D eigenvalue weighted by Gasteiger charge is -2.35. The minimum atomic E-state index is -5.29. The number of ether oxygens (including phenoxy) is 1. The van der Waals surface area contributed by atoms with Crippen molar-refractivity contribution in [2.45, 2.75) is 62.0 Å². The molecule has 15 heteroatoms. The molecular weight excluding hydrogens is 588 g/mol. The summed E-state index contributed by atoms with van der Waals surface area (Å²) in [5, 5.41) is 14.3. The smallest absolute Gasteiger partial charge is 0.457 e. The van der Waals surface area contributed by atoms with E-state index in [2.05, 4.69) is 10.3 Å². The second kappa shape index (κ2) is 11.7. The number of amides is 4. The number of benzene rings is 1. The molecule has 5 rings (SSSR count). The first kappa shape index (κ1) is 30.7. The highest BCUT2D eigenvalue weighted by atomic mass is 19.4. The lowest BCUT2D eigenvalue weighted by atomic mass is 9.97. The molecule has 0 bridgehead atoms. The first-order valence-corrected chi connectivity index (χ1v) is 13.9. The number of nitrogens with zero attached hydrogens (tertiary/aromatic N) is 4. The molecule has 1 saturated carbocycles. The minimum absolute atomic E-state index is 0.0434. The van der Waals surface area contributed by atoms with Gasteiger partial charge in [0.15, 0.2) is 0 Å². The summed E-state index contributed by atoms with van der Waals surface area (Å²) in [5.74, 6) is -5.05. The summed E-state index contributed by atoms with van der Waals surface area (Å²) in [6.45, 7) is -0.334. The number of pyridine rings is 1. The summed E-state index contributed by atoms with van der Waals surface area (Å²) < 4.78 is 59.0. The summed E-state index contributed by atoms with van der Waals surface area (Å²) in [7, 11) is 1.24. The number of hydrogen-bond donors (Lipinski definition) is 2. The molecule has 1 aliphatic carbocycles. The zero-order valence-corrected chi connectivity index (χ0v) is 23.4. The first-order chi connectivity index (χ1) is 20.8. The number of halogens is 4. The molecule has 4 unspecified atom stereocenters. The Morgan fingerprint density at radius 3 is 2.59 bits per heavy atom. The van der Waals surface area contributed by atoms with E-state index in [0.717, 1.165) is 34.8 Å². The normalized spacial score (nSPS) is 22.2. The molecule has 232 valence electrons. The molecule has 0 radical (unpaired) electrons. The van der Waals surface area contributed by atoms with E-state index < -0.39 is 65.8 Å². The van der Waals surface area contributed by atoms with Gasteiger partial charge in [0.05, 0.1) is 12.6 Å². The highest BCUT2D eigenvalue weighted by Crippen LogP contribution is 2.40. The van der Waals surface area contributed by atoms with Gasteiger partial charge in [-0.2, -0.15) is 18.4 Å². The summed E-state index contributed by atoms with van der Waals surface area (Å²) in [4.78, 5) is 59.1. The quantitative estimate of drug-likeness (QED) is 0.433. The second-order valence-corrected chi connectivity index (χ2v) is 11.2. The van der Waals surface area contributed by atoms with Crippen LogP contribution in [0.25, 0.3) is 0 Å². The molecule has 2 fully saturated rings. The third kappa shape index (κ3) is 6.29. The van der Waals surface area contributed by atoms with Gasteiger partial charge in [-0.25, -0.2) is 9.37 Å². The molecule has 1 aromatic heterocycles. The van der Waals surface area contributed by atoms with Crippen LogP contribution in [-0.2, 0) is 25.6 Å². The molecule has 3 aliphatic rings. The highest BCUT2D eigenvalue weighted by molar-refractivity contribution is 6.02. The predicted octanol–water partition coefficient (Wildman–Crippen LogP) is 2.33. The lowest BCUT2D eigenvalue weighted by molar-refractivity contribution is -0.175. The van der Waals surface area contributed by atoms with Crippen molar-refractivity contribution < 1.29 is 41.5 Å². The highest BCUT2D eigenvalue weighted by Gasteiger charge is 2.57. The van der Waals surface area contributed by atoms with Gasteiger partial charge in [-0.1, -0.05) is 25.0 Å². The van der Waals surface area contributed by atoms with Gasteiger partial charge in [0, 0.05) is 26.1 Å². The Morgan fingerprint density at radius 1 is 1.25 bits per heavy atom.